The van der Waals surface area contributed by atoms with E-state index in [4.69, 9.17) is 9.15 Å². The van der Waals surface area contributed by atoms with E-state index in [1.165, 1.54) is 0 Å². The minimum atomic E-state index is -1.24. The molecule has 0 amide bonds. The van der Waals surface area contributed by atoms with Gasteiger partial charge in [-0.15, -0.1) is 0 Å². The van der Waals surface area contributed by atoms with Gasteiger partial charge in [-0.2, -0.15) is 5.26 Å². The van der Waals surface area contributed by atoms with Crippen molar-refractivity contribution in [3.8, 4) is 23.2 Å². The Labute approximate surface area is 206 Å². The Hall–Kier alpha value is -3.79. The van der Waals surface area contributed by atoms with Gasteiger partial charge in [0, 0.05) is 18.0 Å². The van der Waals surface area contributed by atoms with Crippen LogP contribution >= 0.6 is 0 Å². The molecule has 0 bridgehead atoms. The number of oxazole rings is 1. The number of aromatic nitrogens is 1. The highest BCUT2D eigenvalue weighted by Crippen LogP contribution is 2.40. The van der Waals surface area contributed by atoms with E-state index in [-0.39, 0.29) is 0 Å². The van der Waals surface area contributed by atoms with Gasteiger partial charge in [-0.3, -0.25) is 0 Å². The zero-order valence-electron chi connectivity index (χ0n) is 20.2. The van der Waals surface area contributed by atoms with Gasteiger partial charge in [-0.05, 0) is 55.9 Å². The Balaban J connectivity index is 1.30. The molecule has 2 aromatic carbocycles. The molecule has 1 aliphatic rings. The summed E-state index contributed by atoms with van der Waals surface area (Å²) in [7, 11) is 0. The van der Waals surface area contributed by atoms with Crippen molar-refractivity contribution in [2.45, 2.75) is 64.0 Å². The lowest BCUT2D eigenvalue weighted by atomic mass is 10.0. The van der Waals surface area contributed by atoms with Crippen LogP contribution in [-0.2, 0) is 17.8 Å². The SMILES string of the molecule is CCCC(C)(Oc1ccc(CCN(C#N)Cc2ccc(-c3coc(C4CC4)n3)cc2)cc1)C(=O)O. The fraction of sp³-hybridized carbons (Fsp3) is 0.393. The van der Waals surface area contributed by atoms with E-state index < -0.39 is 11.6 Å². The number of hydrogen-bond donors (Lipinski definition) is 1. The molecule has 1 atom stereocenters. The quantitative estimate of drug-likeness (QED) is 0.263. The van der Waals surface area contributed by atoms with Crippen LogP contribution in [0, 0.1) is 11.5 Å². The monoisotopic (exact) mass is 473 g/mol. The number of aliphatic carboxylic acids is 1. The van der Waals surface area contributed by atoms with Crippen LogP contribution in [-0.4, -0.2) is 33.1 Å². The molecule has 182 valence electrons. The number of nitrogens with zero attached hydrogens (tertiary/aromatic N) is 3. The summed E-state index contributed by atoms with van der Waals surface area (Å²) in [5.41, 5.74) is 2.72. The van der Waals surface area contributed by atoms with Gasteiger partial charge in [0.25, 0.3) is 0 Å². The van der Waals surface area contributed by atoms with Gasteiger partial charge < -0.3 is 19.2 Å². The van der Waals surface area contributed by atoms with Crippen LogP contribution in [0.3, 0.4) is 0 Å². The molecule has 7 nitrogen and oxygen atoms in total. The second-order valence-corrected chi connectivity index (χ2v) is 9.35. The van der Waals surface area contributed by atoms with E-state index in [1.807, 2.05) is 43.3 Å². The lowest BCUT2D eigenvalue weighted by molar-refractivity contribution is -0.154. The molecule has 1 heterocycles. The average molecular weight is 474 g/mol. The fourth-order valence-corrected chi connectivity index (χ4v) is 4.03. The zero-order valence-corrected chi connectivity index (χ0v) is 20.2. The van der Waals surface area contributed by atoms with Crippen LogP contribution in [0.5, 0.6) is 5.75 Å². The van der Waals surface area contributed by atoms with Crippen molar-refractivity contribution in [3.63, 3.8) is 0 Å². The van der Waals surface area contributed by atoms with Crippen LogP contribution in [0.4, 0.5) is 0 Å². The van der Waals surface area contributed by atoms with Crippen molar-refractivity contribution in [2.75, 3.05) is 6.54 Å². The van der Waals surface area contributed by atoms with Crippen molar-refractivity contribution < 1.29 is 19.1 Å². The number of nitriles is 1. The van der Waals surface area contributed by atoms with E-state index in [1.54, 1.807) is 30.2 Å². The number of carboxylic acid groups (broad SMARTS) is 1. The van der Waals surface area contributed by atoms with E-state index in [0.717, 1.165) is 47.5 Å². The van der Waals surface area contributed by atoms with E-state index in [0.29, 0.717) is 37.6 Å². The standard InChI is InChI=1S/C28H31N3O4/c1-3-15-28(2,27(32)33)35-24-12-6-20(7-13-24)14-16-31(19-29)17-21-4-8-22(9-5-21)25-18-34-26(30-25)23-10-11-23/h4-9,12-13,18,23H,3,10-11,14-17H2,1-2H3,(H,32,33). The van der Waals surface area contributed by atoms with Gasteiger partial charge in [0.15, 0.2) is 12.1 Å². The summed E-state index contributed by atoms with van der Waals surface area (Å²) < 4.78 is 11.4. The first-order chi connectivity index (χ1) is 16.9. The molecule has 35 heavy (non-hydrogen) atoms. The van der Waals surface area contributed by atoms with Gasteiger partial charge in [-0.25, -0.2) is 9.78 Å². The summed E-state index contributed by atoms with van der Waals surface area (Å²) in [6.07, 6.45) is 8.15. The maximum atomic E-state index is 11.6. The van der Waals surface area contributed by atoms with Crippen molar-refractivity contribution in [1.29, 1.82) is 5.26 Å². The van der Waals surface area contributed by atoms with Gasteiger partial charge in [0.1, 0.15) is 17.7 Å². The second-order valence-electron chi connectivity index (χ2n) is 9.35. The lowest BCUT2D eigenvalue weighted by Crippen LogP contribution is -2.41. The molecule has 1 saturated carbocycles. The van der Waals surface area contributed by atoms with E-state index >= 15 is 0 Å². The normalized spacial score (nSPS) is 14.7. The molecular formula is C28H31N3O4. The molecule has 3 aromatic rings. The highest BCUT2D eigenvalue weighted by Gasteiger charge is 2.34. The molecule has 1 fully saturated rings. The topological polar surface area (TPSA) is 99.6 Å². The molecule has 1 aliphatic carbocycles. The largest absolute Gasteiger partial charge is 0.478 e. The maximum Gasteiger partial charge on any atom is 0.347 e. The molecule has 0 spiro atoms. The van der Waals surface area contributed by atoms with E-state index in [9.17, 15) is 15.2 Å². The molecule has 1 N–H and O–H groups in total. The summed E-state index contributed by atoms with van der Waals surface area (Å²) in [5.74, 6) is 0.879. The smallest absolute Gasteiger partial charge is 0.347 e. The number of ether oxygens (including phenoxy) is 1. The predicted molar refractivity (Wildman–Crippen MR) is 132 cm³/mol. The third-order valence-electron chi connectivity index (χ3n) is 6.33. The van der Waals surface area contributed by atoms with Crippen molar-refractivity contribution in [1.82, 2.24) is 9.88 Å². The van der Waals surface area contributed by atoms with Crippen LogP contribution in [0.25, 0.3) is 11.3 Å². The highest BCUT2D eigenvalue weighted by molar-refractivity contribution is 5.77. The fourth-order valence-electron chi connectivity index (χ4n) is 4.03. The minimum absolute atomic E-state index is 0.433. The summed E-state index contributed by atoms with van der Waals surface area (Å²) in [6, 6.07) is 15.5. The van der Waals surface area contributed by atoms with Crippen LogP contribution in [0.2, 0.25) is 0 Å². The van der Waals surface area contributed by atoms with Gasteiger partial charge >= 0.3 is 5.97 Å². The Bertz CT molecular complexity index is 1180. The first-order valence-electron chi connectivity index (χ1n) is 12.1. The first-order valence-corrected chi connectivity index (χ1v) is 12.1. The van der Waals surface area contributed by atoms with Gasteiger partial charge in [-0.1, -0.05) is 49.7 Å². The van der Waals surface area contributed by atoms with Crippen molar-refractivity contribution in [2.24, 2.45) is 0 Å². The Kier molecular flexibility index (Phi) is 7.40. The maximum absolute atomic E-state index is 11.6. The zero-order chi connectivity index (χ0) is 24.8. The summed E-state index contributed by atoms with van der Waals surface area (Å²) in [4.78, 5) is 17.9. The third-order valence-corrected chi connectivity index (χ3v) is 6.33. The molecule has 0 aliphatic heterocycles. The number of rotatable bonds is 12. The first kappa shape index (κ1) is 24.3. The highest BCUT2D eigenvalue weighted by atomic mass is 16.5. The summed E-state index contributed by atoms with van der Waals surface area (Å²) in [5, 5.41) is 19.1. The molecule has 1 unspecified atom stereocenters. The number of hydrogen-bond acceptors (Lipinski definition) is 6. The Morgan fingerprint density at radius 2 is 1.89 bits per heavy atom. The lowest BCUT2D eigenvalue weighted by Gasteiger charge is -2.26. The van der Waals surface area contributed by atoms with E-state index in [2.05, 4.69) is 11.2 Å². The number of carbonyl (C=O) groups is 1. The minimum Gasteiger partial charge on any atom is -0.478 e. The summed E-state index contributed by atoms with van der Waals surface area (Å²) >= 11 is 0. The molecule has 0 radical (unpaired) electrons. The molecule has 7 heteroatoms. The predicted octanol–water partition coefficient (Wildman–Crippen LogP) is 5.77. The molecule has 0 saturated heterocycles. The Morgan fingerprint density at radius 3 is 2.49 bits per heavy atom. The number of carboxylic acids is 1. The van der Waals surface area contributed by atoms with Crippen molar-refractivity contribution >= 4 is 5.97 Å². The van der Waals surface area contributed by atoms with Crippen LogP contribution in [0.1, 0.15) is 62.5 Å². The molecule has 1 aromatic heterocycles. The van der Waals surface area contributed by atoms with Crippen molar-refractivity contribution in [3.05, 3.63) is 71.8 Å². The summed E-state index contributed by atoms with van der Waals surface area (Å²) in [6.45, 7) is 4.64. The van der Waals surface area contributed by atoms with Crippen LogP contribution in [0.15, 0.2) is 59.2 Å². The Morgan fingerprint density at radius 1 is 1.20 bits per heavy atom. The average Bonchev–Trinajstić information content (AvgIpc) is 3.59. The van der Waals surface area contributed by atoms with Gasteiger partial charge in [0.05, 0.1) is 6.54 Å². The van der Waals surface area contributed by atoms with Crippen LogP contribution < -0.4 is 4.74 Å². The molecule has 4 rings (SSSR count). The van der Waals surface area contributed by atoms with Gasteiger partial charge in [0.2, 0.25) is 5.60 Å². The second kappa shape index (κ2) is 10.6. The molecular weight excluding hydrogens is 442 g/mol. The third kappa shape index (κ3) is 6.21. The number of benzene rings is 2.